The number of carbonyl (C=O) groups excluding carboxylic acids is 4. The molecule has 4 amide bonds. The minimum Gasteiger partial charge on any atom is -0.350 e. The zero-order chi connectivity index (χ0) is 20.9. The van der Waals surface area contributed by atoms with E-state index in [-0.39, 0.29) is 18.4 Å². The van der Waals surface area contributed by atoms with Crippen LogP contribution in [0, 0.1) is 0 Å². The smallest absolute Gasteiger partial charge is 0.251 e. The lowest BCUT2D eigenvalue weighted by molar-refractivity contribution is -0.129. The van der Waals surface area contributed by atoms with Crippen LogP contribution in [0.5, 0.6) is 0 Å². The summed E-state index contributed by atoms with van der Waals surface area (Å²) in [4.78, 5) is 49.6. The van der Waals surface area contributed by atoms with Crippen LogP contribution in [-0.2, 0) is 14.4 Å². The summed E-state index contributed by atoms with van der Waals surface area (Å²) in [6, 6.07) is 5.97. The summed E-state index contributed by atoms with van der Waals surface area (Å²) in [5.74, 6) is -1.07. The Balaban J connectivity index is 1.82. The van der Waals surface area contributed by atoms with E-state index in [9.17, 15) is 19.2 Å². The first-order chi connectivity index (χ1) is 13.1. The van der Waals surface area contributed by atoms with E-state index in [0.29, 0.717) is 18.5 Å². The molecule has 0 spiro atoms. The van der Waals surface area contributed by atoms with Gasteiger partial charge < -0.3 is 20.9 Å². The summed E-state index contributed by atoms with van der Waals surface area (Å²) in [5, 5.41) is 7.85. The van der Waals surface area contributed by atoms with Crippen molar-refractivity contribution < 1.29 is 19.2 Å². The number of nitrogens with one attached hydrogen (secondary N) is 3. The molecule has 1 aromatic carbocycles. The predicted molar refractivity (Wildman–Crippen MR) is 106 cm³/mol. The van der Waals surface area contributed by atoms with Crippen molar-refractivity contribution in [1.82, 2.24) is 16.0 Å². The number of benzene rings is 1. The van der Waals surface area contributed by atoms with Crippen LogP contribution in [0.25, 0.3) is 0 Å². The third-order valence-corrected chi connectivity index (χ3v) is 4.19. The van der Waals surface area contributed by atoms with Crippen molar-refractivity contribution in [2.24, 2.45) is 0 Å². The van der Waals surface area contributed by atoms with E-state index < -0.39 is 23.4 Å². The molecule has 1 atom stereocenters. The molecule has 152 valence electrons. The molecule has 1 fully saturated rings. The molecule has 1 aliphatic heterocycles. The number of rotatable bonds is 6. The van der Waals surface area contributed by atoms with Crippen molar-refractivity contribution in [3.05, 3.63) is 29.8 Å². The van der Waals surface area contributed by atoms with Crippen molar-refractivity contribution in [3.8, 4) is 0 Å². The highest BCUT2D eigenvalue weighted by Crippen LogP contribution is 2.21. The summed E-state index contributed by atoms with van der Waals surface area (Å²) in [7, 11) is 0. The minimum absolute atomic E-state index is 0.0819. The van der Waals surface area contributed by atoms with Gasteiger partial charge in [-0.25, -0.2) is 0 Å². The van der Waals surface area contributed by atoms with Crippen molar-refractivity contribution in [2.45, 2.75) is 52.1 Å². The second kappa shape index (κ2) is 8.86. The van der Waals surface area contributed by atoms with E-state index in [2.05, 4.69) is 16.0 Å². The van der Waals surface area contributed by atoms with Gasteiger partial charge in [-0.1, -0.05) is 0 Å². The van der Waals surface area contributed by atoms with E-state index in [1.54, 1.807) is 36.1 Å². The molecule has 1 saturated heterocycles. The fourth-order valence-corrected chi connectivity index (χ4v) is 2.81. The van der Waals surface area contributed by atoms with Gasteiger partial charge in [0.25, 0.3) is 5.91 Å². The number of nitrogens with zero attached hydrogens (tertiary/aromatic N) is 1. The van der Waals surface area contributed by atoms with Crippen molar-refractivity contribution >= 4 is 29.3 Å². The van der Waals surface area contributed by atoms with Crippen LogP contribution in [0.3, 0.4) is 0 Å². The van der Waals surface area contributed by atoms with E-state index in [4.69, 9.17) is 0 Å². The summed E-state index contributed by atoms with van der Waals surface area (Å²) in [5.41, 5.74) is 0.757. The molecule has 3 N–H and O–H groups in total. The maximum absolute atomic E-state index is 12.2. The Bertz CT molecular complexity index is 752. The maximum atomic E-state index is 12.2. The fourth-order valence-electron chi connectivity index (χ4n) is 2.81. The van der Waals surface area contributed by atoms with E-state index in [0.717, 1.165) is 12.1 Å². The normalized spacial score (nSPS) is 15.1. The van der Waals surface area contributed by atoms with Crippen LogP contribution in [0.15, 0.2) is 24.3 Å². The van der Waals surface area contributed by atoms with Crippen molar-refractivity contribution in [1.29, 1.82) is 0 Å². The Morgan fingerprint density at radius 1 is 1.14 bits per heavy atom. The SMILES string of the molecule is CC(NC(=O)CNC(=O)c1ccc(N2CCCC2=O)cc1)C(=O)NC(C)(C)C. The molecule has 0 bridgehead atoms. The highest BCUT2D eigenvalue weighted by molar-refractivity contribution is 5.99. The maximum Gasteiger partial charge on any atom is 0.251 e. The lowest BCUT2D eigenvalue weighted by Crippen LogP contribution is -2.52. The molecule has 8 heteroatoms. The molecule has 1 heterocycles. The van der Waals surface area contributed by atoms with Crippen LogP contribution in [-0.4, -0.2) is 48.3 Å². The molecule has 28 heavy (non-hydrogen) atoms. The van der Waals surface area contributed by atoms with Crippen molar-refractivity contribution in [2.75, 3.05) is 18.0 Å². The molecule has 8 nitrogen and oxygen atoms in total. The Morgan fingerprint density at radius 2 is 1.79 bits per heavy atom. The minimum atomic E-state index is -0.707. The molecule has 1 unspecified atom stereocenters. The highest BCUT2D eigenvalue weighted by Gasteiger charge is 2.22. The third kappa shape index (κ3) is 6.07. The number of anilines is 1. The molecular weight excluding hydrogens is 360 g/mol. The standard InChI is InChI=1S/C20H28N4O4/c1-13(18(27)23-20(2,3)4)22-16(25)12-21-19(28)14-7-9-15(10-8-14)24-11-5-6-17(24)26/h7-10,13H,5-6,11-12H2,1-4H3,(H,21,28)(H,22,25)(H,23,27). The fraction of sp³-hybridized carbons (Fsp3) is 0.500. The van der Waals surface area contributed by atoms with E-state index >= 15 is 0 Å². The summed E-state index contributed by atoms with van der Waals surface area (Å²) in [6.07, 6.45) is 1.38. The average molecular weight is 388 g/mol. The van der Waals surface area contributed by atoms with Gasteiger partial charge in [-0.2, -0.15) is 0 Å². The monoisotopic (exact) mass is 388 g/mol. The summed E-state index contributed by atoms with van der Waals surface area (Å²) < 4.78 is 0. The lowest BCUT2D eigenvalue weighted by Gasteiger charge is -2.23. The predicted octanol–water partition coefficient (Wildman–Crippen LogP) is 0.963. The zero-order valence-corrected chi connectivity index (χ0v) is 16.8. The van der Waals surface area contributed by atoms with Crippen LogP contribution in [0.2, 0.25) is 0 Å². The van der Waals surface area contributed by atoms with Gasteiger partial charge in [-0.3, -0.25) is 19.2 Å². The van der Waals surface area contributed by atoms with Gasteiger partial charge in [-0.15, -0.1) is 0 Å². The molecule has 0 radical (unpaired) electrons. The Labute approximate surface area is 165 Å². The summed E-state index contributed by atoms with van der Waals surface area (Å²) in [6.45, 7) is 7.59. The Kier molecular flexibility index (Phi) is 6.77. The molecule has 1 aliphatic rings. The topological polar surface area (TPSA) is 108 Å². The zero-order valence-electron chi connectivity index (χ0n) is 16.8. The first-order valence-corrected chi connectivity index (χ1v) is 9.37. The van der Waals surface area contributed by atoms with Crippen LogP contribution in [0.1, 0.15) is 50.9 Å². The van der Waals surface area contributed by atoms with Gasteiger partial charge in [-0.05, 0) is 58.4 Å². The summed E-state index contributed by atoms with van der Waals surface area (Å²) >= 11 is 0. The molecule has 0 aromatic heterocycles. The third-order valence-electron chi connectivity index (χ3n) is 4.19. The second-order valence-corrected chi connectivity index (χ2v) is 7.91. The van der Waals surface area contributed by atoms with Crippen molar-refractivity contribution in [3.63, 3.8) is 0 Å². The van der Waals surface area contributed by atoms with E-state index in [1.165, 1.54) is 0 Å². The number of carbonyl (C=O) groups is 4. The van der Waals surface area contributed by atoms with Gasteiger partial charge in [0, 0.05) is 29.8 Å². The molecule has 2 rings (SSSR count). The molecule has 0 saturated carbocycles. The molecule has 0 aliphatic carbocycles. The molecule has 1 aromatic rings. The van der Waals surface area contributed by atoms with Crippen LogP contribution >= 0.6 is 0 Å². The lowest BCUT2D eigenvalue weighted by atomic mass is 10.1. The van der Waals surface area contributed by atoms with Gasteiger partial charge in [0.05, 0.1) is 6.54 Å². The van der Waals surface area contributed by atoms with Gasteiger partial charge in [0.15, 0.2) is 0 Å². The Hall–Kier alpha value is -2.90. The first kappa shape index (κ1) is 21.4. The highest BCUT2D eigenvalue weighted by atomic mass is 16.2. The number of hydrogen-bond donors (Lipinski definition) is 3. The first-order valence-electron chi connectivity index (χ1n) is 9.37. The second-order valence-electron chi connectivity index (χ2n) is 7.91. The quantitative estimate of drug-likeness (QED) is 0.675. The van der Waals surface area contributed by atoms with Gasteiger partial charge >= 0.3 is 0 Å². The Morgan fingerprint density at radius 3 is 2.32 bits per heavy atom. The molecular formula is C20H28N4O4. The van der Waals surface area contributed by atoms with Crippen LogP contribution < -0.4 is 20.9 Å². The number of amides is 4. The van der Waals surface area contributed by atoms with Gasteiger partial charge in [0.1, 0.15) is 6.04 Å². The number of hydrogen-bond acceptors (Lipinski definition) is 4. The largest absolute Gasteiger partial charge is 0.350 e. The van der Waals surface area contributed by atoms with Crippen LogP contribution in [0.4, 0.5) is 5.69 Å². The van der Waals surface area contributed by atoms with Gasteiger partial charge in [0.2, 0.25) is 17.7 Å². The van der Waals surface area contributed by atoms with E-state index in [1.807, 2.05) is 20.8 Å². The average Bonchev–Trinajstić information content (AvgIpc) is 3.04.